The number of hydrogen-bond donors (Lipinski definition) is 1. The largest absolute Gasteiger partial charge is 0.359 e. The van der Waals surface area contributed by atoms with Crippen molar-refractivity contribution in [1.29, 1.82) is 0 Å². The molecular weight excluding hydrogens is 202 g/mol. The molecule has 0 radical (unpaired) electrons. The average molecular weight is 221 g/mol. The summed E-state index contributed by atoms with van der Waals surface area (Å²) in [5.74, 6) is 1.35. The van der Waals surface area contributed by atoms with Crippen molar-refractivity contribution >= 4 is 5.82 Å². The Kier molecular flexibility index (Phi) is 2.76. The Morgan fingerprint density at radius 3 is 2.69 bits per heavy atom. The van der Waals surface area contributed by atoms with Crippen molar-refractivity contribution < 1.29 is 0 Å². The fraction of sp³-hybridized carbons (Fsp3) is 0.583. The van der Waals surface area contributed by atoms with Crippen molar-refractivity contribution in [3.63, 3.8) is 0 Å². The van der Waals surface area contributed by atoms with Crippen LogP contribution in [0.5, 0.6) is 0 Å². The molecule has 2 N–H and O–H groups in total. The van der Waals surface area contributed by atoms with E-state index in [1.54, 1.807) is 6.07 Å². The fourth-order valence-electron chi connectivity index (χ4n) is 2.43. The zero-order valence-electron chi connectivity index (χ0n) is 10.2. The van der Waals surface area contributed by atoms with Gasteiger partial charge in [0, 0.05) is 38.3 Å². The molecule has 16 heavy (non-hydrogen) atoms. The number of anilines is 1. The van der Waals surface area contributed by atoms with Crippen molar-refractivity contribution in [2.24, 2.45) is 5.73 Å². The molecule has 0 unspecified atom stereocenters. The maximum absolute atomic E-state index is 11.9. The lowest BCUT2D eigenvalue weighted by Gasteiger charge is -2.20. The van der Waals surface area contributed by atoms with Gasteiger partial charge in [0.25, 0.3) is 5.56 Å². The highest BCUT2D eigenvalue weighted by Gasteiger charge is 2.23. The lowest BCUT2D eigenvalue weighted by atomic mass is 9.98. The van der Waals surface area contributed by atoms with Crippen molar-refractivity contribution in [2.45, 2.75) is 32.9 Å². The molecule has 2 rings (SSSR count). The second kappa shape index (κ2) is 3.94. The zero-order chi connectivity index (χ0) is 11.9. The molecule has 0 atom stereocenters. The summed E-state index contributed by atoms with van der Waals surface area (Å²) in [5.41, 5.74) is 8.14. The lowest BCUT2D eigenvalue weighted by Crippen LogP contribution is -2.23. The van der Waals surface area contributed by atoms with Crippen LogP contribution in [0.15, 0.2) is 10.9 Å². The monoisotopic (exact) mass is 221 g/mol. The van der Waals surface area contributed by atoms with Crippen LogP contribution in [-0.4, -0.2) is 18.2 Å². The highest BCUT2D eigenvalue weighted by Crippen LogP contribution is 2.28. The van der Waals surface area contributed by atoms with E-state index in [9.17, 15) is 4.79 Å². The van der Waals surface area contributed by atoms with Gasteiger partial charge in [0.1, 0.15) is 5.82 Å². The molecule has 2 heterocycles. The maximum atomic E-state index is 11.9. The molecule has 1 aliphatic heterocycles. The Balaban J connectivity index is 2.73. The van der Waals surface area contributed by atoms with Gasteiger partial charge < -0.3 is 10.6 Å². The van der Waals surface area contributed by atoms with Crippen LogP contribution >= 0.6 is 0 Å². The van der Waals surface area contributed by atoms with Gasteiger partial charge in [-0.1, -0.05) is 13.8 Å². The molecule has 0 aromatic carbocycles. The molecule has 0 bridgehead atoms. The molecule has 0 saturated heterocycles. The summed E-state index contributed by atoms with van der Waals surface area (Å²) in [7, 11) is 2.02. The van der Waals surface area contributed by atoms with Crippen molar-refractivity contribution in [2.75, 3.05) is 18.5 Å². The van der Waals surface area contributed by atoms with Gasteiger partial charge in [-0.05, 0) is 11.5 Å². The van der Waals surface area contributed by atoms with Crippen LogP contribution in [-0.2, 0) is 13.1 Å². The van der Waals surface area contributed by atoms with Crippen LogP contribution in [0, 0.1) is 0 Å². The van der Waals surface area contributed by atoms with Gasteiger partial charge in [0.15, 0.2) is 0 Å². The van der Waals surface area contributed by atoms with Gasteiger partial charge >= 0.3 is 0 Å². The minimum absolute atomic E-state index is 0.0975. The minimum Gasteiger partial charge on any atom is -0.359 e. The average Bonchev–Trinajstić information content (AvgIpc) is 2.61. The number of nitrogens with zero attached hydrogens (tertiary/aromatic N) is 2. The van der Waals surface area contributed by atoms with E-state index in [2.05, 4.69) is 18.7 Å². The lowest BCUT2D eigenvalue weighted by molar-refractivity contribution is 0.746. The molecule has 4 nitrogen and oxygen atoms in total. The number of hydrogen-bond acceptors (Lipinski definition) is 3. The molecule has 1 aromatic rings. The molecule has 0 spiro atoms. The Hall–Kier alpha value is -1.29. The topological polar surface area (TPSA) is 51.3 Å². The molecule has 4 heteroatoms. The Bertz CT molecular complexity index is 462. The van der Waals surface area contributed by atoms with Crippen LogP contribution in [0.4, 0.5) is 5.82 Å². The number of likely N-dealkylation sites (N-methyl/N-ethyl adjacent to an activating group) is 1. The summed E-state index contributed by atoms with van der Waals surface area (Å²) in [4.78, 5) is 14.1. The van der Waals surface area contributed by atoms with Gasteiger partial charge in [-0.3, -0.25) is 9.36 Å². The van der Waals surface area contributed by atoms with E-state index in [1.165, 1.54) is 0 Å². The van der Waals surface area contributed by atoms with Gasteiger partial charge in [-0.15, -0.1) is 0 Å². The van der Waals surface area contributed by atoms with Crippen LogP contribution < -0.4 is 16.2 Å². The smallest absolute Gasteiger partial charge is 0.252 e. The first kappa shape index (κ1) is 11.2. The molecule has 1 aliphatic rings. The number of fused-ring (bicyclic) bond motifs is 1. The van der Waals surface area contributed by atoms with Crippen molar-refractivity contribution in [3.05, 3.63) is 27.5 Å². The van der Waals surface area contributed by atoms with Gasteiger partial charge in [0.05, 0.1) is 0 Å². The summed E-state index contributed by atoms with van der Waals surface area (Å²) >= 11 is 0. The van der Waals surface area contributed by atoms with E-state index in [0.29, 0.717) is 12.5 Å². The molecule has 88 valence electrons. The SMILES string of the molecule is CC(C)c1cc(=O)n2c(c1CN)N(C)CC2. The van der Waals surface area contributed by atoms with Crippen LogP contribution in [0.25, 0.3) is 0 Å². The third-order valence-electron chi connectivity index (χ3n) is 3.27. The number of nitrogens with two attached hydrogens (primary N) is 1. The van der Waals surface area contributed by atoms with Gasteiger partial charge in [-0.25, -0.2) is 0 Å². The van der Waals surface area contributed by atoms with E-state index in [1.807, 2.05) is 11.6 Å². The Morgan fingerprint density at radius 2 is 2.12 bits per heavy atom. The minimum atomic E-state index is 0.0975. The number of pyridine rings is 1. The van der Waals surface area contributed by atoms with Crippen molar-refractivity contribution in [3.8, 4) is 0 Å². The van der Waals surface area contributed by atoms with Crippen LogP contribution in [0.1, 0.15) is 30.9 Å². The summed E-state index contributed by atoms with van der Waals surface area (Å²) in [6.07, 6.45) is 0. The first-order valence-electron chi connectivity index (χ1n) is 5.74. The van der Waals surface area contributed by atoms with E-state index in [-0.39, 0.29) is 5.56 Å². The zero-order valence-corrected chi connectivity index (χ0v) is 10.2. The van der Waals surface area contributed by atoms with Crippen molar-refractivity contribution in [1.82, 2.24) is 4.57 Å². The first-order valence-corrected chi connectivity index (χ1v) is 5.74. The standard InChI is InChI=1S/C12H19N3O/c1-8(2)9-6-11(16)15-5-4-14(3)12(15)10(9)7-13/h6,8H,4-5,7,13H2,1-3H3. The number of aromatic nitrogens is 1. The second-order valence-electron chi connectivity index (χ2n) is 4.67. The second-order valence-corrected chi connectivity index (χ2v) is 4.67. The normalized spacial score (nSPS) is 14.7. The fourth-order valence-corrected chi connectivity index (χ4v) is 2.43. The highest BCUT2D eigenvalue weighted by atomic mass is 16.1. The highest BCUT2D eigenvalue weighted by molar-refractivity contribution is 5.54. The predicted octanol–water partition coefficient (Wildman–Crippen LogP) is 0.880. The third-order valence-corrected chi connectivity index (χ3v) is 3.27. The van der Waals surface area contributed by atoms with Gasteiger partial charge in [0.2, 0.25) is 0 Å². The Morgan fingerprint density at radius 1 is 1.44 bits per heavy atom. The first-order chi connectivity index (χ1) is 7.56. The molecular formula is C12H19N3O. The summed E-state index contributed by atoms with van der Waals surface area (Å²) in [6.45, 7) is 6.35. The predicted molar refractivity (Wildman–Crippen MR) is 66.0 cm³/mol. The van der Waals surface area contributed by atoms with E-state index < -0.39 is 0 Å². The molecule has 0 aliphatic carbocycles. The van der Waals surface area contributed by atoms with Crippen LogP contribution in [0.3, 0.4) is 0 Å². The van der Waals surface area contributed by atoms with E-state index in [0.717, 1.165) is 30.0 Å². The van der Waals surface area contributed by atoms with E-state index >= 15 is 0 Å². The van der Waals surface area contributed by atoms with Gasteiger partial charge in [-0.2, -0.15) is 0 Å². The molecule has 0 fully saturated rings. The maximum Gasteiger partial charge on any atom is 0.252 e. The van der Waals surface area contributed by atoms with E-state index in [4.69, 9.17) is 5.73 Å². The summed E-state index contributed by atoms with van der Waals surface area (Å²) in [6, 6.07) is 1.75. The quantitative estimate of drug-likeness (QED) is 0.806. The molecule has 0 saturated carbocycles. The Labute approximate surface area is 95.7 Å². The summed E-state index contributed by atoms with van der Waals surface area (Å²) in [5, 5.41) is 0. The van der Waals surface area contributed by atoms with Crippen LogP contribution in [0.2, 0.25) is 0 Å². The summed E-state index contributed by atoms with van der Waals surface area (Å²) < 4.78 is 1.83. The molecule has 1 aromatic heterocycles. The number of rotatable bonds is 2. The molecule has 0 amide bonds. The third kappa shape index (κ3) is 1.53.